The molecule has 116 valence electrons. The van der Waals surface area contributed by atoms with E-state index in [0.717, 1.165) is 5.56 Å². The van der Waals surface area contributed by atoms with E-state index in [4.69, 9.17) is 16.7 Å². The molecule has 0 saturated heterocycles. The lowest BCUT2D eigenvalue weighted by molar-refractivity contribution is -0.136. The van der Waals surface area contributed by atoms with Crippen molar-refractivity contribution in [1.29, 1.82) is 0 Å². The number of nitrogens with zero attached hydrogens (tertiary/aromatic N) is 2. The standard InChI is InChI=1S/C17H13ClN2O3/c18-14-8-4-1-5-11(14)10-20-17(23)13-7-3-2-6-12(13)15(19-20)9-16(21)22/h1-8H,9-10H2,(H,21,22). The van der Waals surface area contributed by atoms with Crippen LogP contribution in [0.25, 0.3) is 10.8 Å². The number of carbonyl (C=O) groups is 1. The summed E-state index contributed by atoms with van der Waals surface area (Å²) in [6.07, 6.45) is -0.247. The smallest absolute Gasteiger partial charge is 0.309 e. The number of aliphatic carboxylic acids is 1. The lowest BCUT2D eigenvalue weighted by Gasteiger charge is -2.11. The summed E-state index contributed by atoms with van der Waals surface area (Å²) in [5.41, 5.74) is 0.842. The van der Waals surface area contributed by atoms with E-state index < -0.39 is 5.97 Å². The Bertz CT molecular complexity index is 950. The molecule has 0 amide bonds. The van der Waals surface area contributed by atoms with Crippen LogP contribution in [0.4, 0.5) is 0 Å². The largest absolute Gasteiger partial charge is 0.481 e. The van der Waals surface area contributed by atoms with Crippen LogP contribution in [0.15, 0.2) is 53.3 Å². The zero-order chi connectivity index (χ0) is 16.4. The van der Waals surface area contributed by atoms with Crippen molar-refractivity contribution < 1.29 is 9.90 Å². The average molecular weight is 329 g/mol. The number of benzene rings is 2. The number of carboxylic acids is 1. The van der Waals surface area contributed by atoms with E-state index >= 15 is 0 Å². The molecule has 2 aromatic carbocycles. The second kappa shape index (κ2) is 6.22. The predicted molar refractivity (Wildman–Crippen MR) is 87.9 cm³/mol. The van der Waals surface area contributed by atoms with Gasteiger partial charge in [0.05, 0.1) is 24.0 Å². The highest BCUT2D eigenvalue weighted by molar-refractivity contribution is 6.31. The lowest BCUT2D eigenvalue weighted by atomic mass is 10.1. The van der Waals surface area contributed by atoms with Gasteiger partial charge in [-0.05, 0) is 17.7 Å². The normalized spacial score (nSPS) is 10.8. The first-order valence-electron chi connectivity index (χ1n) is 7.00. The minimum atomic E-state index is -0.995. The predicted octanol–water partition coefficient (Wildman–Crippen LogP) is 2.73. The first-order valence-corrected chi connectivity index (χ1v) is 7.38. The van der Waals surface area contributed by atoms with Crippen molar-refractivity contribution >= 4 is 28.3 Å². The molecule has 1 aromatic heterocycles. The number of carboxylic acid groups (broad SMARTS) is 1. The molecule has 0 aliphatic carbocycles. The van der Waals surface area contributed by atoms with Crippen LogP contribution in [0.3, 0.4) is 0 Å². The fourth-order valence-electron chi connectivity index (χ4n) is 2.47. The molecule has 1 heterocycles. The van der Waals surface area contributed by atoms with Crippen molar-refractivity contribution in [1.82, 2.24) is 9.78 Å². The Labute approximate surface area is 136 Å². The van der Waals surface area contributed by atoms with Gasteiger partial charge in [-0.25, -0.2) is 4.68 Å². The topological polar surface area (TPSA) is 72.2 Å². The molecule has 1 N–H and O–H groups in total. The fourth-order valence-corrected chi connectivity index (χ4v) is 2.67. The van der Waals surface area contributed by atoms with Crippen molar-refractivity contribution in [3.8, 4) is 0 Å². The minimum Gasteiger partial charge on any atom is -0.481 e. The van der Waals surface area contributed by atoms with Crippen LogP contribution in [-0.4, -0.2) is 20.9 Å². The molecular weight excluding hydrogens is 316 g/mol. The number of rotatable bonds is 4. The van der Waals surface area contributed by atoms with E-state index in [1.165, 1.54) is 4.68 Å². The fraction of sp³-hybridized carbons (Fsp3) is 0.118. The van der Waals surface area contributed by atoms with E-state index in [9.17, 15) is 9.59 Å². The van der Waals surface area contributed by atoms with Crippen LogP contribution in [0.5, 0.6) is 0 Å². The average Bonchev–Trinajstić information content (AvgIpc) is 2.53. The molecule has 5 nitrogen and oxygen atoms in total. The molecule has 0 atom stereocenters. The number of hydrogen-bond donors (Lipinski definition) is 1. The van der Waals surface area contributed by atoms with Gasteiger partial charge in [0, 0.05) is 10.4 Å². The Morgan fingerprint density at radius 1 is 1.09 bits per heavy atom. The molecule has 0 spiro atoms. The van der Waals surface area contributed by atoms with E-state index in [1.54, 1.807) is 36.4 Å². The van der Waals surface area contributed by atoms with Crippen molar-refractivity contribution in [2.45, 2.75) is 13.0 Å². The summed E-state index contributed by atoms with van der Waals surface area (Å²) in [5, 5.41) is 14.9. The Hall–Kier alpha value is -2.66. The maximum Gasteiger partial charge on any atom is 0.309 e. The summed E-state index contributed by atoms with van der Waals surface area (Å²) in [7, 11) is 0. The van der Waals surface area contributed by atoms with Crippen LogP contribution in [0, 0.1) is 0 Å². The first-order chi connectivity index (χ1) is 11.1. The Morgan fingerprint density at radius 2 is 1.74 bits per heavy atom. The van der Waals surface area contributed by atoms with Gasteiger partial charge in [-0.15, -0.1) is 0 Å². The summed E-state index contributed by atoms with van der Waals surface area (Å²) in [6.45, 7) is 0.190. The third kappa shape index (κ3) is 3.10. The molecule has 0 bridgehead atoms. The van der Waals surface area contributed by atoms with Crippen LogP contribution in [-0.2, 0) is 17.8 Å². The van der Waals surface area contributed by atoms with Gasteiger partial charge in [-0.1, -0.05) is 48.0 Å². The van der Waals surface area contributed by atoms with Gasteiger partial charge in [-0.3, -0.25) is 9.59 Å². The van der Waals surface area contributed by atoms with Gasteiger partial charge in [0.1, 0.15) is 0 Å². The molecule has 0 fully saturated rings. The molecule has 0 aliphatic rings. The second-order valence-electron chi connectivity index (χ2n) is 5.12. The van der Waals surface area contributed by atoms with E-state index in [1.807, 2.05) is 12.1 Å². The minimum absolute atomic E-state index is 0.190. The van der Waals surface area contributed by atoms with Crippen molar-refractivity contribution in [3.05, 3.63) is 75.2 Å². The number of aromatic nitrogens is 2. The van der Waals surface area contributed by atoms with Gasteiger partial charge in [0.25, 0.3) is 5.56 Å². The second-order valence-corrected chi connectivity index (χ2v) is 5.52. The van der Waals surface area contributed by atoms with E-state index in [0.29, 0.717) is 21.5 Å². The van der Waals surface area contributed by atoms with Crippen LogP contribution >= 0.6 is 11.6 Å². The third-order valence-corrected chi connectivity index (χ3v) is 3.91. The lowest BCUT2D eigenvalue weighted by Crippen LogP contribution is -2.26. The van der Waals surface area contributed by atoms with Crippen molar-refractivity contribution in [3.63, 3.8) is 0 Å². The number of fused-ring (bicyclic) bond motifs is 1. The van der Waals surface area contributed by atoms with E-state index in [-0.39, 0.29) is 18.5 Å². The van der Waals surface area contributed by atoms with Crippen LogP contribution < -0.4 is 5.56 Å². The molecule has 0 radical (unpaired) electrons. The van der Waals surface area contributed by atoms with Gasteiger partial charge in [0.2, 0.25) is 0 Å². The maximum atomic E-state index is 12.6. The zero-order valence-corrected chi connectivity index (χ0v) is 12.8. The molecule has 0 aliphatic heterocycles. The SMILES string of the molecule is O=C(O)Cc1nn(Cc2ccccc2Cl)c(=O)c2ccccc12. The van der Waals surface area contributed by atoms with E-state index in [2.05, 4.69) is 5.10 Å². The monoisotopic (exact) mass is 328 g/mol. The van der Waals surface area contributed by atoms with Gasteiger partial charge >= 0.3 is 5.97 Å². The molecular formula is C17H13ClN2O3. The molecule has 3 aromatic rings. The number of hydrogen-bond acceptors (Lipinski definition) is 3. The summed E-state index contributed by atoms with van der Waals surface area (Å²) < 4.78 is 1.27. The zero-order valence-electron chi connectivity index (χ0n) is 12.1. The Morgan fingerprint density at radius 3 is 2.43 bits per heavy atom. The highest BCUT2D eigenvalue weighted by Crippen LogP contribution is 2.17. The van der Waals surface area contributed by atoms with Gasteiger partial charge < -0.3 is 5.11 Å². The number of halogens is 1. The summed E-state index contributed by atoms with van der Waals surface area (Å²) >= 11 is 6.13. The Kier molecular flexibility index (Phi) is 4.12. The van der Waals surface area contributed by atoms with Crippen molar-refractivity contribution in [2.75, 3.05) is 0 Å². The molecule has 3 rings (SSSR count). The first kappa shape index (κ1) is 15.2. The van der Waals surface area contributed by atoms with Crippen LogP contribution in [0.2, 0.25) is 5.02 Å². The van der Waals surface area contributed by atoms with Gasteiger partial charge in [-0.2, -0.15) is 5.10 Å². The molecule has 6 heteroatoms. The van der Waals surface area contributed by atoms with Crippen molar-refractivity contribution in [2.24, 2.45) is 0 Å². The summed E-state index contributed by atoms with van der Waals surface area (Å²) in [6, 6.07) is 14.1. The highest BCUT2D eigenvalue weighted by Gasteiger charge is 2.13. The summed E-state index contributed by atoms with van der Waals surface area (Å²) in [4.78, 5) is 23.7. The molecule has 23 heavy (non-hydrogen) atoms. The highest BCUT2D eigenvalue weighted by atomic mass is 35.5. The Balaban J connectivity index is 2.17. The maximum absolute atomic E-state index is 12.6. The quantitative estimate of drug-likeness (QED) is 0.799. The van der Waals surface area contributed by atoms with Crippen LogP contribution in [0.1, 0.15) is 11.3 Å². The molecule has 0 unspecified atom stereocenters. The third-order valence-electron chi connectivity index (χ3n) is 3.54. The summed E-state index contributed by atoms with van der Waals surface area (Å²) in [5.74, 6) is -0.995. The van der Waals surface area contributed by atoms with Gasteiger partial charge in [0.15, 0.2) is 0 Å². The molecule has 0 saturated carbocycles.